The first-order valence-electron chi connectivity index (χ1n) is 5.84. The first kappa shape index (κ1) is 13.7. The van der Waals surface area contributed by atoms with Gasteiger partial charge in [0, 0.05) is 5.54 Å². The molecule has 94 valence electrons. The van der Waals surface area contributed by atoms with Gasteiger partial charge < -0.3 is 9.64 Å². The highest BCUT2D eigenvalue weighted by Gasteiger charge is 2.22. The number of carbonyl (C=O) groups excluding carboxylic acids is 1. The molecule has 0 bridgehead atoms. The molecule has 0 atom stereocenters. The van der Waals surface area contributed by atoms with E-state index in [1.54, 1.807) is 6.92 Å². The van der Waals surface area contributed by atoms with Crippen molar-refractivity contribution in [1.29, 1.82) is 0 Å². The standard InChI is InChI=1S/C14H21NO2/c1-6-17-13(16)11-7-9-12(10-8-11)14(2,3)15(4)5/h7-10H,6H2,1-5H3. The number of ether oxygens (including phenoxy) is 1. The number of rotatable bonds is 4. The molecule has 0 fully saturated rings. The molecule has 17 heavy (non-hydrogen) atoms. The second-order valence-electron chi connectivity index (χ2n) is 4.75. The summed E-state index contributed by atoms with van der Waals surface area (Å²) < 4.78 is 4.95. The predicted octanol–water partition coefficient (Wildman–Crippen LogP) is 2.66. The minimum Gasteiger partial charge on any atom is -0.462 e. The number of hydrogen-bond acceptors (Lipinski definition) is 3. The Morgan fingerprint density at radius 1 is 1.24 bits per heavy atom. The van der Waals surface area contributed by atoms with Gasteiger partial charge in [0.1, 0.15) is 0 Å². The van der Waals surface area contributed by atoms with Crippen LogP contribution in [-0.2, 0) is 10.3 Å². The lowest BCUT2D eigenvalue weighted by molar-refractivity contribution is 0.0526. The van der Waals surface area contributed by atoms with Crippen LogP contribution in [0.15, 0.2) is 24.3 Å². The second kappa shape index (κ2) is 5.32. The average molecular weight is 235 g/mol. The van der Waals surface area contributed by atoms with Gasteiger partial charge in [0.15, 0.2) is 0 Å². The average Bonchev–Trinajstić information content (AvgIpc) is 2.29. The van der Waals surface area contributed by atoms with Gasteiger partial charge in [-0.2, -0.15) is 0 Å². The van der Waals surface area contributed by atoms with Gasteiger partial charge >= 0.3 is 5.97 Å². The van der Waals surface area contributed by atoms with Crippen LogP contribution >= 0.6 is 0 Å². The summed E-state index contributed by atoms with van der Waals surface area (Å²) in [6.45, 7) is 6.50. The molecule has 1 aromatic carbocycles. The Balaban J connectivity index is 2.92. The third-order valence-corrected chi connectivity index (χ3v) is 3.22. The molecule has 0 aromatic heterocycles. The molecular weight excluding hydrogens is 214 g/mol. The summed E-state index contributed by atoms with van der Waals surface area (Å²) in [6.07, 6.45) is 0. The fraction of sp³-hybridized carbons (Fsp3) is 0.500. The van der Waals surface area contributed by atoms with E-state index in [2.05, 4.69) is 18.7 Å². The second-order valence-corrected chi connectivity index (χ2v) is 4.75. The SMILES string of the molecule is CCOC(=O)c1ccc(C(C)(C)N(C)C)cc1. The summed E-state index contributed by atoms with van der Waals surface area (Å²) in [4.78, 5) is 13.7. The summed E-state index contributed by atoms with van der Waals surface area (Å²) in [5.41, 5.74) is 1.73. The van der Waals surface area contributed by atoms with E-state index < -0.39 is 0 Å². The van der Waals surface area contributed by atoms with Crippen molar-refractivity contribution in [3.05, 3.63) is 35.4 Å². The van der Waals surface area contributed by atoms with Crippen molar-refractivity contribution in [2.45, 2.75) is 26.3 Å². The lowest BCUT2D eigenvalue weighted by atomic mass is 9.92. The molecule has 0 aliphatic carbocycles. The number of carbonyl (C=O) groups is 1. The summed E-state index contributed by atoms with van der Waals surface area (Å²) in [5, 5.41) is 0. The lowest BCUT2D eigenvalue weighted by Crippen LogP contribution is -2.35. The number of esters is 1. The van der Waals surface area contributed by atoms with Crippen LogP contribution in [-0.4, -0.2) is 31.6 Å². The van der Waals surface area contributed by atoms with Crippen molar-refractivity contribution in [3.8, 4) is 0 Å². The van der Waals surface area contributed by atoms with E-state index in [1.807, 2.05) is 38.4 Å². The first-order chi connectivity index (χ1) is 7.89. The molecule has 0 heterocycles. The smallest absolute Gasteiger partial charge is 0.338 e. The van der Waals surface area contributed by atoms with Gasteiger partial charge in [0.05, 0.1) is 12.2 Å². The van der Waals surface area contributed by atoms with Gasteiger partial charge in [-0.25, -0.2) is 4.79 Å². The van der Waals surface area contributed by atoms with Gasteiger partial charge in [-0.15, -0.1) is 0 Å². The Hall–Kier alpha value is -1.35. The summed E-state index contributed by atoms with van der Waals surface area (Å²) in [5.74, 6) is -0.262. The van der Waals surface area contributed by atoms with Crippen molar-refractivity contribution >= 4 is 5.97 Å². The van der Waals surface area contributed by atoms with Crippen molar-refractivity contribution in [2.24, 2.45) is 0 Å². The maximum absolute atomic E-state index is 11.5. The van der Waals surface area contributed by atoms with Crippen molar-refractivity contribution in [1.82, 2.24) is 4.90 Å². The van der Waals surface area contributed by atoms with Gasteiger partial charge in [-0.05, 0) is 52.6 Å². The van der Waals surface area contributed by atoms with Gasteiger partial charge in [-0.3, -0.25) is 0 Å². The van der Waals surface area contributed by atoms with Crippen LogP contribution in [0.2, 0.25) is 0 Å². The Bertz CT molecular complexity index is 380. The zero-order chi connectivity index (χ0) is 13.1. The summed E-state index contributed by atoms with van der Waals surface area (Å²) in [7, 11) is 4.08. The van der Waals surface area contributed by atoms with Crippen LogP contribution in [0.3, 0.4) is 0 Å². The quantitative estimate of drug-likeness (QED) is 0.751. The Morgan fingerprint density at radius 3 is 2.18 bits per heavy atom. The van der Waals surface area contributed by atoms with Gasteiger partial charge in [0.25, 0.3) is 0 Å². The fourth-order valence-electron chi connectivity index (χ4n) is 1.49. The van der Waals surface area contributed by atoms with Crippen LogP contribution in [0.5, 0.6) is 0 Å². The van der Waals surface area contributed by atoms with Gasteiger partial charge in [0.2, 0.25) is 0 Å². The number of nitrogens with zero attached hydrogens (tertiary/aromatic N) is 1. The molecule has 0 aliphatic rings. The number of benzene rings is 1. The van der Waals surface area contributed by atoms with E-state index in [-0.39, 0.29) is 11.5 Å². The molecule has 3 nitrogen and oxygen atoms in total. The van der Waals surface area contributed by atoms with E-state index in [0.29, 0.717) is 12.2 Å². The minimum absolute atomic E-state index is 0.0484. The van der Waals surface area contributed by atoms with Crippen molar-refractivity contribution in [2.75, 3.05) is 20.7 Å². The third kappa shape index (κ3) is 3.07. The molecule has 1 rings (SSSR count). The molecule has 0 unspecified atom stereocenters. The summed E-state index contributed by atoms with van der Waals surface area (Å²) in [6, 6.07) is 7.59. The van der Waals surface area contributed by atoms with Crippen molar-refractivity contribution in [3.63, 3.8) is 0 Å². The predicted molar refractivity (Wildman–Crippen MR) is 69.1 cm³/mol. The molecule has 0 radical (unpaired) electrons. The van der Waals surface area contributed by atoms with Gasteiger partial charge in [-0.1, -0.05) is 12.1 Å². The zero-order valence-electron chi connectivity index (χ0n) is 11.3. The molecule has 3 heteroatoms. The van der Waals surface area contributed by atoms with E-state index in [0.717, 1.165) is 0 Å². The van der Waals surface area contributed by atoms with Crippen LogP contribution in [0.4, 0.5) is 0 Å². The highest BCUT2D eigenvalue weighted by molar-refractivity contribution is 5.89. The normalized spacial score (nSPS) is 11.6. The minimum atomic E-state index is -0.262. The summed E-state index contributed by atoms with van der Waals surface area (Å²) >= 11 is 0. The highest BCUT2D eigenvalue weighted by Crippen LogP contribution is 2.25. The Morgan fingerprint density at radius 2 is 1.76 bits per heavy atom. The molecule has 0 amide bonds. The fourth-order valence-corrected chi connectivity index (χ4v) is 1.49. The molecule has 1 aromatic rings. The molecule has 0 N–H and O–H groups in total. The topological polar surface area (TPSA) is 29.5 Å². The lowest BCUT2D eigenvalue weighted by Gasteiger charge is -2.33. The third-order valence-electron chi connectivity index (χ3n) is 3.22. The highest BCUT2D eigenvalue weighted by atomic mass is 16.5. The molecule has 0 aliphatic heterocycles. The van der Waals surface area contributed by atoms with Crippen LogP contribution < -0.4 is 0 Å². The molecule has 0 saturated heterocycles. The van der Waals surface area contributed by atoms with E-state index >= 15 is 0 Å². The monoisotopic (exact) mass is 235 g/mol. The Labute approximate surface area is 103 Å². The maximum Gasteiger partial charge on any atom is 0.338 e. The first-order valence-corrected chi connectivity index (χ1v) is 5.84. The van der Waals surface area contributed by atoms with Crippen LogP contribution in [0, 0.1) is 0 Å². The zero-order valence-corrected chi connectivity index (χ0v) is 11.3. The number of hydrogen-bond donors (Lipinski definition) is 0. The molecule has 0 spiro atoms. The maximum atomic E-state index is 11.5. The van der Waals surface area contributed by atoms with Crippen LogP contribution in [0.1, 0.15) is 36.7 Å². The molecular formula is C14H21NO2. The van der Waals surface area contributed by atoms with Crippen molar-refractivity contribution < 1.29 is 9.53 Å². The van der Waals surface area contributed by atoms with Crippen LogP contribution in [0.25, 0.3) is 0 Å². The van der Waals surface area contributed by atoms with E-state index in [4.69, 9.17) is 4.74 Å². The molecule has 0 saturated carbocycles. The Kier molecular flexibility index (Phi) is 4.29. The van der Waals surface area contributed by atoms with E-state index in [9.17, 15) is 4.79 Å². The van der Waals surface area contributed by atoms with E-state index in [1.165, 1.54) is 5.56 Å². The largest absolute Gasteiger partial charge is 0.462 e.